The third kappa shape index (κ3) is 6.45. The zero-order valence-corrected chi connectivity index (χ0v) is 17.7. The standard InChI is InChI=1S/C15H35NO5P2/c1-8-16-21-13(14(17-4,18-5)11-22-9-2)15(19-6,20-7)12-23-10-3/h13,16,22-23H,8-12H2,1-7H3. The van der Waals surface area contributed by atoms with Crippen LogP contribution in [0.1, 0.15) is 20.8 Å². The minimum absolute atomic E-state index is 0.557. The van der Waals surface area contributed by atoms with Gasteiger partial charge in [-0.1, -0.05) is 20.8 Å². The largest absolute Gasteiger partial charge is 0.350 e. The number of methoxy groups -OCH3 is 4. The maximum atomic E-state index is 5.94. The monoisotopic (exact) mass is 371 g/mol. The molecule has 140 valence electrons. The van der Waals surface area contributed by atoms with Crippen LogP contribution in [-0.4, -0.2) is 77.3 Å². The average Bonchev–Trinajstić information content (AvgIpc) is 2.60. The first-order chi connectivity index (χ1) is 11.1. The van der Waals surface area contributed by atoms with E-state index in [0.29, 0.717) is 23.7 Å². The van der Waals surface area contributed by atoms with Gasteiger partial charge in [-0.05, 0) is 12.3 Å². The van der Waals surface area contributed by atoms with Crippen molar-refractivity contribution in [3.63, 3.8) is 0 Å². The molecule has 0 bridgehead atoms. The van der Waals surface area contributed by atoms with Gasteiger partial charge in [0.15, 0.2) is 6.10 Å². The van der Waals surface area contributed by atoms with Crippen molar-refractivity contribution >= 4 is 17.2 Å². The van der Waals surface area contributed by atoms with Gasteiger partial charge in [-0.25, -0.2) is 5.48 Å². The number of hydrogen-bond donors (Lipinski definition) is 1. The van der Waals surface area contributed by atoms with Gasteiger partial charge in [-0.3, -0.25) is 4.84 Å². The summed E-state index contributed by atoms with van der Waals surface area (Å²) in [5.41, 5.74) is 2.94. The summed E-state index contributed by atoms with van der Waals surface area (Å²) in [6.45, 7) is 6.93. The van der Waals surface area contributed by atoms with Gasteiger partial charge in [-0.2, -0.15) is 0 Å². The van der Waals surface area contributed by atoms with Crippen LogP contribution in [0.5, 0.6) is 0 Å². The molecule has 0 amide bonds. The molecule has 0 aliphatic carbocycles. The predicted molar refractivity (Wildman–Crippen MR) is 99.5 cm³/mol. The smallest absolute Gasteiger partial charge is 0.205 e. The minimum atomic E-state index is -0.930. The Kier molecular flexibility index (Phi) is 13.3. The molecule has 0 radical (unpaired) electrons. The lowest BCUT2D eigenvalue weighted by Gasteiger charge is -2.46. The fraction of sp³-hybridized carbons (Fsp3) is 1.00. The summed E-state index contributed by atoms with van der Waals surface area (Å²) in [7, 11) is 7.96. The molecule has 0 aromatic rings. The second kappa shape index (κ2) is 12.9. The number of hydroxylamine groups is 1. The summed E-state index contributed by atoms with van der Waals surface area (Å²) < 4.78 is 23.2. The second-order valence-electron chi connectivity index (χ2n) is 5.00. The van der Waals surface area contributed by atoms with E-state index >= 15 is 0 Å². The lowest BCUT2D eigenvalue weighted by Crippen LogP contribution is -2.64. The highest BCUT2D eigenvalue weighted by atomic mass is 31.1. The van der Waals surface area contributed by atoms with Crippen LogP contribution in [-0.2, 0) is 23.8 Å². The average molecular weight is 371 g/mol. The summed E-state index contributed by atoms with van der Waals surface area (Å²) >= 11 is 0. The predicted octanol–water partition coefficient (Wildman–Crippen LogP) is 2.27. The molecule has 0 aliphatic rings. The highest BCUT2D eigenvalue weighted by Crippen LogP contribution is 2.38. The van der Waals surface area contributed by atoms with Crippen molar-refractivity contribution in [3.05, 3.63) is 0 Å². The van der Waals surface area contributed by atoms with Gasteiger partial charge in [0.05, 0.1) is 0 Å². The molecule has 8 heteroatoms. The number of hydrogen-bond acceptors (Lipinski definition) is 6. The highest BCUT2D eigenvalue weighted by Gasteiger charge is 2.54. The Morgan fingerprint density at radius 2 is 1.17 bits per heavy atom. The Labute approximate surface area is 145 Å². The number of nitrogens with one attached hydrogen (secondary N) is 1. The van der Waals surface area contributed by atoms with Crippen molar-refractivity contribution in [3.8, 4) is 0 Å². The van der Waals surface area contributed by atoms with Crippen LogP contribution in [0.15, 0.2) is 0 Å². The first-order valence-electron chi connectivity index (χ1n) is 8.06. The van der Waals surface area contributed by atoms with Crippen molar-refractivity contribution in [1.82, 2.24) is 5.48 Å². The zero-order chi connectivity index (χ0) is 17.8. The fourth-order valence-electron chi connectivity index (χ4n) is 2.35. The van der Waals surface area contributed by atoms with Gasteiger partial charge in [-0.15, -0.1) is 17.2 Å². The Balaban J connectivity index is 5.70. The summed E-state index contributed by atoms with van der Waals surface area (Å²) in [5.74, 6) is -1.86. The topological polar surface area (TPSA) is 58.2 Å². The van der Waals surface area contributed by atoms with Crippen LogP contribution in [0, 0.1) is 0 Å². The minimum Gasteiger partial charge on any atom is -0.350 e. The molecule has 0 spiro atoms. The van der Waals surface area contributed by atoms with E-state index in [1.807, 2.05) is 6.92 Å². The molecule has 0 fully saturated rings. The van der Waals surface area contributed by atoms with E-state index in [1.165, 1.54) is 0 Å². The van der Waals surface area contributed by atoms with Crippen molar-refractivity contribution < 1.29 is 23.8 Å². The first kappa shape index (κ1) is 23.6. The molecule has 1 N–H and O–H groups in total. The molecular formula is C15H35NO5P2. The maximum Gasteiger partial charge on any atom is 0.205 e. The lowest BCUT2D eigenvalue weighted by atomic mass is 10.0. The quantitative estimate of drug-likeness (QED) is 0.271. The Morgan fingerprint density at radius 1 is 0.783 bits per heavy atom. The van der Waals surface area contributed by atoms with Crippen molar-refractivity contribution in [2.75, 3.05) is 59.6 Å². The SMILES string of the molecule is CCNOC(C(CPCC)(OC)OC)C(CPCC)(OC)OC. The van der Waals surface area contributed by atoms with Crippen LogP contribution in [0.3, 0.4) is 0 Å². The molecule has 0 saturated heterocycles. The van der Waals surface area contributed by atoms with Crippen molar-refractivity contribution in [1.29, 1.82) is 0 Å². The molecule has 2 unspecified atom stereocenters. The second-order valence-corrected chi connectivity index (χ2v) is 8.12. The Morgan fingerprint density at radius 3 is 1.43 bits per heavy atom. The summed E-state index contributed by atoms with van der Waals surface area (Å²) in [6, 6.07) is 0. The van der Waals surface area contributed by atoms with E-state index in [4.69, 9.17) is 23.8 Å². The van der Waals surface area contributed by atoms with Crippen LogP contribution < -0.4 is 5.48 Å². The maximum absolute atomic E-state index is 5.94. The molecular weight excluding hydrogens is 336 g/mol. The molecule has 0 aromatic heterocycles. The van der Waals surface area contributed by atoms with Crippen LogP contribution >= 0.6 is 17.2 Å². The molecule has 6 nitrogen and oxygen atoms in total. The molecule has 2 atom stereocenters. The molecule has 0 aliphatic heterocycles. The first-order valence-corrected chi connectivity index (χ1v) is 10.9. The van der Waals surface area contributed by atoms with Gasteiger partial charge < -0.3 is 18.9 Å². The van der Waals surface area contributed by atoms with Crippen LogP contribution in [0.25, 0.3) is 0 Å². The van der Waals surface area contributed by atoms with Crippen molar-refractivity contribution in [2.24, 2.45) is 0 Å². The van der Waals surface area contributed by atoms with Gasteiger partial charge in [0, 0.05) is 47.3 Å². The third-order valence-electron chi connectivity index (χ3n) is 3.77. The van der Waals surface area contributed by atoms with E-state index in [2.05, 4.69) is 19.3 Å². The molecule has 0 rings (SSSR count). The van der Waals surface area contributed by atoms with E-state index in [-0.39, 0.29) is 0 Å². The Hall–Kier alpha value is 0.620. The molecule has 0 aromatic carbocycles. The van der Waals surface area contributed by atoms with Crippen molar-refractivity contribution in [2.45, 2.75) is 38.4 Å². The van der Waals surface area contributed by atoms with E-state index in [1.54, 1.807) is 28.4 Å². The zero-order valence-electron chi connectivity index (χ0n) is 15.7. The highest BCUT2D eigenvalue weighted by molar-refractivity contribution is 7.38. The van der Waals surface area contributed by atoms with Gasteiger partial charge >= 0.3 is 0 Å². The Bertz CT molecular complexity index is 265. The number of rotatable bonds is 15. The van der Waals surface area contributed by atoms with E-state index in [9.17, 15) is 0 Å². The van der Waals surface area contributed by atoms with Gasteiger partial charge in [0.25, 0.3) is 0 Å². The normalized spacial score (nSPS) is 15.3. The molecule has 0 saturated carbocycles. The van der Waals surface area contributed by atoms with Gasteiger partial charge in [0.2, 0.25) is 11.6 Å². The molecule has 0 heterocycles. The third-order valence-corrected chi connectivity index (χ3v) is 6.25. The summed E-state index contributed by atoms with van der Waals surface area (Å²) in [5, 5.41) is 0. The summed E-state index contributed by atoms with van der Waals surface area (Å²) in [4.78, 5) is 5.94. The van der Waals surface area contributed by atoms with Crippen LogP contribution in [0.4, 0.5) is 0 Å². The molecule has 23 heavy (non-hydrogen) atoms. The van der Waals surface area contributed by atoms with Gasteiger partial charge in [0.1, 0.15) is 0 Å². The summed E-state index contributed by atoms with van der Waals surface area (Å²) in [6.07, 6.45) is 3.00. The van der Waals surface area contributed by atoms with E-state index < -0.39 is 17.7 Å². The fourth-order valence-corrected chi connectivity index (χ4v) is 4.49. The van der Waals surface area contributed by atoms with E-state index in [0.717, 1.165) is 24.6 Å². The van der Waals surface area contributed by atoms with Crippen LogP contribution in [0.2, 0.25) is 0 Å². The lowest BCUT2D eigenvalue weighted by molar-refractivity contribution is -0.356. The number of ether oxygens (including phenoxy) is 4.